The molecule has 0 radical (unpaired) electrons. The summed E-state index contributed by atoms with van der Waals surface area (Å²) in [5, 5.41) is 7.60. The number of hydrogen-bond acceptors (Lipinski definition) is 4. The second kappa shape index (κ2) is 25.1. The lowest BCUT2D eigenvalue weighted by molar-refractivity contribution is 0.258. The molecule has 0 saturated heterocycles. The summed E-state index contributed by atoms with van der Waals surface area (Å²) in [6.07, 6.45) is 27.9. The molecule has 6 heteroatoms. The average molecular weight is 531 g/mol. The number of benzene rings is 1. The van der Waals surface area contributed by atoms with Crippen molar-refractivity contribution in [2.75, 3.05) is 13.2 Å². The van der Waals surface area contributed by atoms with Crippen LogP contribution in [0.2, 0.25) is 0 Å². The molecular formula is C32H58N4O2. The largest absolute Gasteiger partial charge is 0.490 e. The third-order valence-corrected chi connectivity index (χ3v) is 6.86. The molecule has 0 aliphatic heterocycles. The van der Waals surface area contributed by atoms with Gasteiger partial charge < -0.3 is 20.9 Å². The molecule has 0 amide bonds. The molecule has 1 aromatic rings. The third kappa shape index (κ3) is 19.8. The Morgan fingerprint density at radius 1 is 0.605 bits per heavy atom. The highest BCUT2D eigenvalue weighted by Gasteiger charge is 2.07. The second-order valence-electron chi connectivity index (χ2n) is 10.5. The fraction of sp³-hybridized carbons (Fsp3) is 0.750. The first kappa shape index (κ1) is 33.8. The van der Waals surface area contributed by atoms with Crippen molar-refractivity contribution in [2.45, 2.75) is 142 Å². The molecule has 0 aromatic heterocycles. The molecule has 0 saturated carbocycles. The number of hydrogen-bond donors (Lipinski definition) is 2. The molecule has 0 spiro atoms. The number of nitrogens with two attached hydrogens (primary N) is 2. The first-order valence-corrected chi connectivity index (χ1v) is 15.7. The maximum absolute atomic E-state index is 6.16. The molecule has 0 atom stereocenters. The van der Waals surface area contributed by atoms with Crippen molar-refractivity contribution in [1.29, 1.82) is 0 Å². The SMILES string of the molecule is CCCCCCCCCCCCOc1ccc(C=NN=C(N)N)cc1OCCCCCCCCCCCC. The van der Waals surface area contributed by atoms with Crippen LogP contribution in [-0.4, -0.2) is 25.4 Å². The maximum Gasteiger partial charge on any atom is 0.211 e. The van der Waals surface area contributed by atoms with Gasteiger partial charge in [-0.05, 0) is 36.6 Å². The molecule has 4 N–H and O–H groups in total. The van der Waals surface area contributed by atoms with Crippen LogP contribution < -0.4 is 20.9 Å². The van der Waals surface area contributed by atoms with E-state index in [9.17, 15) is 0 Å². The van der Waals surface area contributed by atoms with Crippen molar-refractivity contribution in [3.8, 4) is 11.5 Å². The van der Waals surface area contributed by atoms with Gasteiger partial charge in [-0.2, -0.15) is 5.10 Å². The second-order valence-corrected chi connectivity index (χ2v) is 10.5. The Morgan fingerprint density at radius 2 is 1.03 bits per heavy atom. The van der Waals surface area contributed by atoms with Gasteiger partial charge in [-0.15, -0.1) is 5.10 Å². The van der Waals surface area contributed by atoms with E-state index in [4.69, 9.17) is 20.9 Å². The van der Waals surface area contributed by atoms with Gasteiger partial charge in [-0.3, -0.25) is 0 Å². The van der Waals surface area contributed by atoms with E-state index in [1.807, 2.05) is 18.2 Å². The Labute approximate surface area is 234 Å². The fourth-order valence-electron chi connectivity index (χ4n) is 4.54. The summed E-state index contributed by atoms with van der Waals surface area (Å²) in [6, 6.07) is 5.87. The number of guanidine groups is 1. The summed E-state index contributed by atoms with van der Waals surface area (Å²) < 4.78 is 12.3. The van der Waals surface area contributed by atoms with Gasteiger partial charge in [0, 0.05) is 0 Å². The first-order chi connectivity index (χ1) is 18.7. The third-order valence-electron chi connectivity index (χ3n) is 6.86. The first-order valence-electron chi connectivity index (χ1n) is 15.7. The Bertz CT molecular complexity index is 732. The number of nitrogens with zero attached hydrogens (tertiary/aromatic N) is 2. The smallest absolute Gasteiger partial charge is 0.211 e. The minimum Gasteiger partial charge on any atom is -0.490 e. The van der Waals surface area contributed by atoms with Gasteiger partial charge in [0.1, 0.15) is 0 Å². The predicted molar refractivity (Wildman–Crippen MR) is 165 cm³/mol. The van der Waals surface area contributed by atoms with Crippen molar-refractivity contribution < 1.29 is 9.47 Å². The maximum atomic E-state index is 6.16. The zero-order valence-corrected chi connectivity index (χ0v) is 24.7. The lowest BCUT2D eigenvalue weighted by atomic mass is 10.1. The van der Waals surface area contributed by atoms with E-state index in [0.717, 1.165) is 29.9 Å². The average Bonchev–Trinajstić information content (AvgIpc) is 2.91. The molecule has 0 fully saturated rings. The molecule has 0 aliphatic rings. The van der Waals surface area contributed by atoms with Crippen LogP contribution in [0.3, 0.4) is 0 Å². The van der Waals surface area contributed by atoms with Crippen LogP contribution in [0.25, 0.3) is 0 Å². The van der Waals surface area contributed by atoms with Crippen LogP contribution in [0.5, 0.6) is 11.5 Å². The highest BCUT2D eigenvalue weighted by atomic mass is 16.5. The van der Waals surface area contributed by atoms with Gasteiger partial charge in [0.15, 0.2) is 11.5 Å². The molecular weight excluding hydrogens is 472 g/mol. The molecule has 0 bridgehead atoms. The van der Waals surface area contributed by atoms with E-state index in [-0.39, 0.29) is 5.96 Å². The van der Waals surface area contributed by atoms with Crippen LogP contribution in [0.1, 0.15) is 148 Å². The van der Waals surface area contributed by atoms with Gasteiger partial charge in [0.25, 0.3) is 0 Å². The van der Waals surface area contributed by atoms with Crippen LogP contribution in [0, 0.1) is 0 Å². The monoisotopic (exact) mass is 530 g/mol. The summed E-state index contributed by atoms with van der Waals surface area (Å²) in [5.41, 5.74) is 11.6. The van der Waals surface area contributed by atoms with Gasteiger partial charge in [-0.25, -0.2) is 0 Å². The van der Waals surface area contributed by atoms with Crippen molar-refractivity contribution >= 4 is 12.2 Å². The van der Waals surface area contributed by atoms with Crippen LogP contribution in [-0.2, 0) is 0 Å². The van der Waals surface area contributed by atoms with E-state index in [1.54, 1.807) is 6.21 Å². The van der Waals surface area contributed by atoms with Gasteiger partial charge in [-0.1, -0.05) is 129 Å². The highest BCUT2D eigenvalue weighted by Crippen LogP contribution is 2.29. The molecule has 1 aromatic carbocycles. The van der Waals surface area contributed by atoms with E-state index < -0.39 is 0 Å². The van der Waals surface area contributed by atoms with Gasteiger partial charge in [0.2, 0.25) is 5.96 Å². The van der Waals surface area contributed by atoms with Crippen molar-refractivity contribution in [3.05, 3.63) is 23.8 Å². The standard InChI is InChI=1S/C32H58N4O2/c1-3-5-7-9-11-13-15-17-19-21-25-37-30-24-23-29(28-35-36-32(33)34)27-31(30)38-26-22-20-18-16-14-12-10-8-6-4-2/h23-24,27-28H,3-22,25-26H2,1-2H3,(H4,33,34,36). The minimum absolute atomic E-state index is 0.0601. The Balaban J connectivity index is 2.36. The Kier molecular flexibility index (Phi) is 22.3. The molecule has 0 heterocycles. The topological polar surface area (TPSA) is 95.2 Å². The van der Waals surface area contributed by atoms with Crippen LogP contribution in [0.15, 0.2) is 28.4 Å². The molecule has 38 heavy (non-hydrogen) atoms. The molecule has 0 unspecified atom stereocenters. The highest BCUT2D eigenvalue weighted by molar-refractivity contribution is 5.82. The van der Waals surface area contributed by atoms with Crippen LogP contribution in [0.4, 0.5) is 0 Å². The lowest BCUT2D eigenvalue weighted by Gasteiger charge is -2.14. The molecule has 1 rings (SSSR count). The van der Waals surface area contributed by atoms with Crippen molar-refractivity contribution in [2.24, 2.45) is 21.7 Å². The Hall–Kier alpha value is -2.24. The van der Waals surface area contributed by atoms with Gasteiger partial charge >= 0.3 is 0 Å². The normalized spacial score (nSPS) is 11.2. The quantitative estimate of drug-likeness (QED) is 0.0541. The summed E-state index contributed by atoms with van der Waals surface area (Å²) in [7, 11) is 0. The number of rotatable bonds is 26. The number of unbranched alkanes of at least 4 members (excludes halogenated alkanes) is 18. The van der Waals surface area contributed by atoms with E-state index in [1.165, 1.54) is 116 Å². The van der Waals surface area contributed by atoms with E-state index in [0.29, 0.717) is 13.2 Å². The Morgan fingerprint density at radius 3 is 1.47 bits per heavy atom. The van der Waals surface area contributed by atoms with Gasteiger partial charge in [0.05, 0.1) is 19.4 Å². The zero-order chi connectivity index (χ0) is 27.5. The fourth-order valence-corrected chi connectivity index (χ4v) is 4.54. The minimum atomic E-state index is -0.0601. The lowest BCUT2D eigenvalue weighted by Crippen LogP contribution is -2.21. The zero-order valence-electron chi connectivity index (χ0n) is 24.7. The molecule has 0 aliphatic carbocycles. The molecule has 218 valence electrons. The summed E-state index contributed by atoms with van der Waals surface area (Å²) in [6.45, 7) is 5.95. The van der Waals surface area contributed by atoms with Crippen molar-refractivity contribution in [3.63, 3.8) is 0 Å². The number of ether oxygens (including phenoxy) is 2. The van der Waals surface area contributed by atoms with Crippen LogP contribution >= 0.6 is 0 Å². The molecule has 6 nitrogen and oxygen atoms in total. The predicted octanol–water partition coefficient (Wildman–Crippen LogP) is 8.89. The summed E-state index contributed by atoms with van der Waals surface area (Å²) in [5.74, 6) is 1.50. The summed E-state index contributed by atoms with van der Waals surface area (Å²) >= 11 is 0. The van der Waals surface area contributed by atoms with Crippen molar-refractivity contribution in [1.82, 2.24) is 0 Å². The van der Waals surface area contributed by atoms with E-state index >= 15 is 0 Å². The summed E-state index contributed by atoms with van der Waals surface area (Å²) in [4.78, 5) is 0. The van der Waals surface area contributed by atoms with E-state index in [2.05, 4.69) is 24.1 Å².